The van der Waals surface area contributed by atoms with Crippen LogP contribution in [0.15, 0.2) is 0 Å². The van der Waals surface area contributed by atoms with Crippen molar-refractivity contribution in [2.75, 3.05) is 20.6 Å². The monoisotopic (exact) mass is 132 g/mol. The number of rotatable bonds is 1. The van der Waals surface area contributed by atoms with Crippen molar-refractivity contribution in [3.05, 3.63) is 0 Å². The summed E-state index contributed by atoms with van der Waals surface area (Å²) < 4.78 is 12.7. The summed E-state index contributed by atoms with van der Waals surface area (Å²) in [5, 5.41) is 3.55. The first-order chi connectivity index (χ1) is 4.22. The van der Waals surface area contributed by atoms with E-state index in [1.807, 2.05) is 19.1 Å². The van der Waals surface area contributed by atoms with E-state index >= 15 is 0 Å². The van der Waals surface area contributed by atoms with Crippen LogP contribution >= 0.6 is 0 Å². The maximum Gasteiger partial charge on any atom is 0.166 e. The van der Waals surface area contributed by atoms with Gasteiger partial charge in [-0.25, -0.2) is 14.4 Å². The van der Waals surface area contributed by atoms with Gasteiger partial charge >= 0.3 is 0 Å². The normalized spacial score (nSPS) is 30.0. The first-order valence-electron chi connectivity index (χ1n) is 3.30. The quantitative estimate of drug-likeness (QED) is 0.488. The van der Waals surface area contributed by atoms with Crippen LogP contribution in [-0.4, -0.2) is 37.0 Å². The lowest BCUT2D eigenvalue weighted by Gasteiger charge is -2.25. The summed E-state index contributed by atoms with van der Waals surface area (Å²) in [5.74, 6) is 0. The molecule has 0 aliphatic carbocycles. The molecule has 1 unspecified atom stereocenters. The summed E-state index contributed by atoms with van der Waals surface area (Å²) >= 11 is 0. The number of hydrazine groups is 1. The Hall–Kier alpha value is -0.150. The van der Waals surface area contributed by atoms with Gasteiger partial charge in [0.05, 0.1) is 0 Å². The van der Waals surface area contributed by atoms with Crippen LogP contribution in [0.1, 0.15) is 12.8 Å². The van der Waals surface area contributed by atoms with Crippen molar-refractivity contribution in [1.82, 2.24) is 10.0 Å². The van der Waals surface area contributed by atoms with Crippen LogP contribution in [0.3, 0.4) is 0 Å². The van der Waals surface area contributed by atoms with Crippen molar-refractivity contribution in [2.24, 2.45) is 0 Å². The predicted molar refractivity (Wildman–Crippen MR) is 34.5 cm³/mol. The van der Waals surface area contributed by atoms with Gasteiger partial charge in [0.2, 0.25) is 0 Å². The van der Waals surface area contributed by atoms with Gasteiger partial charge in [-0.1, -0.05) is 0 Å². The van der Waals surface area contributed by atoms with E-state index in [9.17, 15) is 4.39 Å². The van der Waals surface area contributed by atoms with E-state index in [0.717, 1.165) is 13.0 Å². The molecule has 0 spiro atoms. The number of nitrogens with zero attached hydrogens (tertiary/aromatic N) is 2. The fourth-order valence-electron chi connectivity index (χ4n) is 1.16. The highest BCUT2D eigenvalue weighted by atomic mass is 19.1. The number of alkyl halides is 1. The molecule has 0 aromatic carbocycles. The average Bonchev–Trinajstić information content (AvgIpc) is 2.13. The van der Waals surface area contributed by atoms with Gasteiger partial charge in [-0.05, 0) is 12.8 Å². The van der Waals surface area contributed by atoms with Crippen molar-refractivity contribution in [2.45, 2.75) is 19.1 Å². The standard InChI is InChI=1S/C6H13FN2/c1-8(2)9-5-3-4-6(9)7/h6H,3-5H2,1-2H3. The largest absolute Gasteiger partial charge is 0.245 e. The second kappa shape index (κ2) is 2.62. The Morgan fingerprint density at radius 1 is 1.56 bits per heavy atom. The molecule has 0 bridgehead atoms. The molecule has 1 atom stereocenters. The van der Waals surface area contributed by atoms with E-state index in [0.29, 0.717) is 6.42 Å². The van der Waals surface area contributed by atoms with E-state index in [4.69, 9.17) is 0 Å². The van der Waals surface area contributed by atoms with E-state index < -0.39 is 6.30 Å². The second-order valence-corrected chi connectivity index (χ2v) is 2.59. The fourth-order valence-corrected chi connectivity index (χ4v) is 1.16. The molecule has 0 saturated carbocycles. The highest BCUT2D eigenvalue weighted by molar-refractivity contribution is 4.66. The molecule has 1 rings (SSSR count). The van der Waals surface area contributed by atoms with Crippen LogP contribution in [0.4, 0.5) is 4.39 Å². The Labute approximate surface area is 55.2 Å². The van der Waals surface area contributed by atoms with Crippen LogP contribution in [0, 0.1) is 0 Å². The molecule has 0 aromatic rings. The molecule has 0 amide bonds. The molecule has 1 aliphatic rings. The van der Waals surface area contributed by atoms with Gasteiger partial charge in [-0.3, -0.25) is 0 Å². The predicted octanol–water partition coefficient (Wildman–Crippen LogP) is 0.854. The van der Waals surface area contributed by atoms with Gasteiger partial charge in [0, 0.05) is 20.6 Å². The van der Waals surface area contributed by atoms with E-state index in [-0.39, 0.29) is 0 Å². The highest BCUT2D eigenvalue weighted by Crippen LogP contribution is 2.17. The van der Waals surface area contributed by atoms with E-state index in [1.165, 1.54) is 0 Å². The maximum atomic E-state index is 12.7. The molecule has 1 saturated heterocycles. The van der Waals surface area contributed by atoms with Crippen molar-refractivity contribution in [1.29, 1.82) is 0 Å². The first-order valence-corrected chi connectivity index (χ1v) is 3.30. The van der Waals surface area contributed by atoms with Gasteiger partial charge < -0.3 is 0 Å². The lowest BCUT2D eigenvalue weighted by Crippen LogP contribution is -2.38. The Kier molecular flexibility index (Phi) is 2.03. The Morgan fingerprint density at radius 3 is 2.44 bits per heavy atom. The number of halogens is 1. The zero-order chi connectivity index (χ0) is 6.85. The molecule has 9 heavy (non-hydrogen) atoms. The van der Waals surface area contributed by atoms with Gasteiger partial charge in [0.15, 0.2) is 6.30 Å². The minimum atomic E-state index is -0.736. The molecule has 0 N–H and O–H groups in total. The van der Waals surface area contributed by atoms with Gasteiger partial charge in [-0.2, -0.15) is 0 Å². The summed E-state index contributed by atoms with van der Waals surface area (Å²) in [6.45, 7) is 0.869. The minimum Gasteiger partial charge on any atom is -0.245 e. The third-order valence-corrected chi connectivity index (χ3v) is 1.67. The Balaban J connectivity index is 2.40. The van der Waals surface area contributed by atoms with Crippen LogP contribution in [0.25, 0.3) is 0 Å². The summed E-state index contributed by atoms with van der Waals surface area (Å²) in [5.41, 5.74) is 0. The Morgan fingerprint density at radius 2 is 2.22 bits per heavy atom. The maximum absolute atomic E-state index is 12.7. The molecule has 0 radical (unpaired) electrons. The van der Waals surface area contributed by atoms with E-state index in [2.05, 4.69) is 0 Å². The summed E-state index contributed by atoms with van der Waals surface area (Å²) in [6.07, 6.45) is 0.942. The molecule has 54 valence electrons. The topological polar surface area (TPSA) is 6.48 Å². The van der Waals surface area contributed by atoms with Crippen molar-refractivity contribution in [3.63, 3.8) is 0 Å². The van der Waals surface area contributed by atoms with Crippen molar-refractivity contribution < 1.29 is 4.39 Å². The SMILES string of the molecule is CN(C)N1CCCC1F. The second-order valence-electron chi connectivity index (χ2n) is 2.59. The summed E-state index contributed by atoms with van der Waals surface area (Å²) in [7, 11) is 3.75. The fraction of sp³-hybridized carbons (Fsp3) is 1.00. The molecular weight excluding hydrogens is 119 g/mol. The van der Waals surface area contributed by atoms with Gasteiger partial charge in [0.25, 0.3) is 0 Å². The Bertz CT molecular complexity index is 95.1. The summed E-state index contributed by atoms with van der Waals surface area (Å²) in [4.78, 5) is 0. The molecule has 1 heterocycles. The lowest BCUT2D eigenvalue weighted by atomic mass is 10.4. The zero-order valence-corrected chi connectivity index (χ0v) is 5.97. The van der Waals surface area contributed by atoms with Crippen molar-refractivity contribution in [3.8, 4) is 0 Å². The van der Waals surface area contributed by atoms with Crippen LogP contribution in [-0.2, 0) is 0 Å². The molecular formula is C6H13FN2. The van der Waals surface area contributed by atoms with Gasteiger partial charge in [-0.15, -0.1) is 0 Å². The summed E-state index contributed by atoms with van der Waals surface area (Å²) in [6, 6.07) is 0. The molecule has 1 aliphatic heterocycles. The van der Waals surface area contributed by atoms with Crippen LogP contribution in [0.2, 0.25) is 0 Å². The third kappa shape index (κ3) is 1.40. The number of hydrogen-bond donors (Lipinski definition) is 0. The third-order valence-electron chi connectivity index (χ3n) is 1.67. The van der Waals surface area contributed by atoms with E-state index in [1.54, 1.807) is 5.01 Å². The van der Waals surface area contributed by atoms with Crippen LogP contribution < -0.4 is 0 Å². The molecule has 3 heteroatoms. The smallest absolute Gasteiger partial charge is 0.166 e. The van der Waals surface area contributed by atoms with Crippen LogP contribution in [0.5, 0.6) is 0 Å². The minimum absolute atomic E-state index is 0.693. The average molecular weight is 132 g/mol. The highest BCUT2D eigenvalue weighted by Gasteiger charge is 2.24. The lowest BCUT2D eigenvalue weighted by molar-refractivity contribution is -0.0417. The van der Waals surface area contributed by atoms with Gasteiger partial charge in [0.1, 0.15) is 0 Å². The molecule has 1 fully saturated rings. The molecule has 2 nitrogen and oxygen atoms in total. The zero-order valence-electron chi connectivity index (χ0n) is 5.97. The number of hydrogen-bond acceptors (Lipinski definition) is 2. The molecule has 0 aromatic heterocycles. The van der Waals surface area contributed by atoms with Crippen molar-refractivity contribution >= 4 is 0 Å². The first kappa shape index (κ1) is 6.96.